The lowest BCUT2D eigenvalue weighted by atomic mass is 9.77. The zero-order valence-corrected chi connectivity index (χ0v) is 13.6. The Hall–Kier alpha value is -1.03. The predicted molar refractivity (Wildman–Crippen MR) is 82.8 cm³/mol. The highest BCUT2D eigenvalue weighted by molar-refractivity contribution is 9.10. The van der Waals surface area contributed by atoms with Crippen molar-refractivity contribution in [2.45, 2.75) is 36.4 Å². The van der Waals surface area contributed by atoms with Gasteiger partial charge in [0.2, 0.25) is 0 Å². The van der Waals surface area contributed by atoms with Gasteiger partial charge in [0.1, 0.15) is 22.1 Å². The van der Waals surface area contributed by atoms with E-state index in [1.54, 1.807) is 14.2 Å². The zero-order chi connectivity index (χ0) is 14.6. The molecule has 1 saturated carbocycles. The quantitative estimate of drug-likeness (QED) is 0.598. The minimum atomic E-state index is -0.687. The van der Waals surface area contributed by atoms with Gasteiger partial charge in [-0.3, -0.25) is 0 Å². The summed E-state index contributed by atoms with van der Waals surface area (Å²) in [6, 6.07) is 5.61. The predicted octanol–water partition coefficient (Wildman–Crippen LogP) is 4.07. The molecule has 1 aliphatic rings. The fourth-order valence-corrected chi connectivity index (χ4v) is 3.78. The molecule has 0 saturated heterocycles. The van der Waals surface area contributed by atoms with Crippen LogP contribution in [-0.2, 0) is 9.12 Å². The Bertz CT molecular complexity index is 469. The maximum Gasteiger partial charge on any atom is 0.141 e. The molecule has 110 valence electrons. The van der Waals surface area contributed by atoms with Crippen molar-refractivity contribution in [1.29, 1.82) is 0 Å². The van der Waals surface area contributed by atoms with Gasteiger partial charge in [-0.2, -0.15) is 0 Å². The topological polar surface area (TPSA) is 35.5 Å². The number of benzene rings is 1. The van der Waals surface area contributed by atoms with Gasteiger partial charge in [-0.1, -0.05) is 35.2 Å². The second kappa shape index (κ2) is 6.61. The molecule has 2 rings (SSSR count). The Labute approximate surface area is 128 Å². The summed E-state index contributed by atoms with van der Waals surface area (Å²) in [6.45, 7) is 0. The van der Waals surface area contributed by atoms with E-state index in [0.29, 0.717) is 5.92 Å². The molecule has 1 aliphatic carbocycles. The summed E-state index contributed by atoms with van der Waals surface area (Å²) in [7, 11) is 3.26. The van der Waals surface area contributed by atoms with Crippen molar-refractivity contribution >= 4 is 22.2 Å². The zero-order valence-electron chi connectivity index (χ0n) is 12.0. The van der Waals surface area contributed by atoms with Crippen LogP contribution in [0.4, 0.5) is 0 Å². The number of carbonyl (C=O) groups excluding carboxylic acids is 1. The molecule has 0 aromatic heterocycles. The van der Waals surface area contributed by atoms with Gasteiger partial charge in [-0.15, -0.1) is 0 Å². The molecule has 3 nitrogen and oxygen atoms in total. The molecule has 1 aromatic carbocycles. The minimum absolute atomic E-state index is 0.301. The molecule has 0 heterocycles. The molecule has 1 aromatic rings. The molecule has 20 heavy (non-hydrogen) atoms. The number of carbonyl (C=O) groups is 1. The van der Waals surface area contributed by atoms with Crippen molar-refractivity contribution in [3.8, 4) is 11.5 Å². The summed E-state index contributed by atoms with van der Waals surface area (Å²) in [5, 5.41) is 0. The van der Waals surface area contributed by atoms with Gasteiger partial charge in [0.25, 0.3) is 0 Å². The second-order valence-electron chi connectivity index (χ2n) is 5.29. The fourth-order valence-electron chi connectivity index (χ4n) is 3.02. The normalized spacial score (nSPS) is 19.1. The minimum Gasteiger partial charge on any atom is -0.497 e. The standard InChI is InChI=1S/C16H21BrO3/c1-19-13-8-9-15(20-2)14(10-13)16(17,11-18)12-6-4-3-5-7-12/h8-12H,3-7H2,1-2H3. The first kappa shape index (κ1) is 15.4. The smallest absolute Gasteiger partial charge is 0.141 e. The summed E-state index contributed by atoms with van der Waals surface area (Å²) in [6.07, 6.45) is 6.75. The Balaban J connectivity index is 2.45. The number of ether oxygens (including phenoxy) is 2. The van der Waals surface area contributed by atoms with Crippen molar-refractivity contribution in [2.75, 3.05) is 14.2 Å². The number of alkyl halides is 1. The number of rotatable bonds is 5. The first-order valence-corrected chi connectivity index (χ1v) is 7.82. The number of hydrogen-bond acceptors (Lipinski definition) is 3. The molecule has 0 bridgehead atoms. The Morgan fingerprint density at radius 1 is 1.20 bits per heavy atom. The number of hydrogen-bond donors (Lipinski definition) is 0. The van der Waals surface area contributed by atoms with E-state index in [1.807, 2.05) is 18.2 Å². The SMILES string of the molecule is COc1ccc(OC)c(C(Br)(C=O)C2CCCCC2)c1. The highest BCUT2D eigenvalue weighted by atomic mass is 79.9. The van der Waals surface area contributed by atoms with Crippen LogP contribution in [0.2, 0.25) is 0 Å². The third-order valence-corrected chi connectivity index (χ3v) is 5.45. The highest BCUT2D eigenvalue weighted by Gasteiger charge is 2.40. The first-order chi connectivity index (χ1) is 9.65. The van der Waals surface area contributed by atoms with Crippen LogP contribution in [0.15, 0.2) is 18.2 Å². The van der Waals surface area contributed by atoms with E-state index in [-0.39, 0.29) is 0 Å². The first-order valence-electron chi connectivity index (χ1n) is 7.03. The summed E-state index contributed by atoms with van der Waals surface area (Å²) in [4.78, 5) is 11.9. The molecule has 1 unspecified atom stereocenters. The summed E-state index contributed by atoms with van der Waals surface area (Å²) < 4.78 is 10.0. The van der Waals surface area contributed by atoms with Crippen LogP contribution in [0.5, 0.6) is 11.5 Å². The maximum atomic E-state index is 11.9. The van der Waals surface area contributed by atoms with E-state index in [2.05, 4.69) is 15.9 Å². The summed E-state index contributed by atoms with van der Waals surface area (Å²) >= 11 is 3.71. The molecular formula is C16H21BrO3. The van der Waals surface area contributed by atoms with E-state index in [1.165, 1.54) is 19.3 Å². The third kappa shape index (κ3) is 2.85. The Morgan fingerprint density at radius 2 is 1.90 bits per heavy atom. The van der Waals surface area contributed by atoms with Crippen molar-refractivity contribution in [3.63, 3.8) is 0 Å². The van der Waals surface area contributed by atoms with Crippen LogP contribution in [0.25, 0.3) is 0 Å². The van der Waals surface area contributed by atoms with Crippen LogP contribution < -0.4 is 9.47 Å². The lowest BCUT2D eigenvalue weighted by molar-refractivity contribution is -0.111. The van der Waals surface area contributed by atoms with Gasteiger partial charge < -0.3 is 14.3 Å². The van der Waals surface area contributed by atoms with Crippen LogP contribution in [0.1, 0.15) is 37.7 Å². The van der Waals surface area contributed by atoms with Crippen LogP contribution in [0.3, 0.4) is 0 Å². The van der Waals surface area contributed by atoms with Crippen LogP contribution in [-0.4, -0.2) is 20.5 Å². The van der Waals surface area contributed by atoms with E-state index in [4.69, 9.17) is 9.47 Å². The Morgan fingerprint density at radius 3 is 2.45 bits per heavy atom. The van der Waals surface area contributed by atoms with Gasteiger partial charge >= 0.3 is 0 Å². The van der Waals surface area contributed by atoms with E-state index in [0.717, 1.165) is 36.2 Å². The van der Waals surface area contributed by atoms with Crippen molar-refractivity contribution in [1.82, 2.24) is 0 Å². The molecule has 0 amide bonds. The lowest BCUT2D eigenvalue weighted by Crippen LogP contribution is -2.32. The van der Waals surface area contributed by atoms with Crippen LogP contribution in [0, 0.1) is 5.92 Å². The van der Waals surface area contributed by atoms with Gasteiger partial charge in [-0.05, 0) is 37.0 Å². The molecule has 1 fully saturated rings. The highest BCUT2D eigenvalue weighted by Crippen LogP contribution is 2.48. The van der Waals surface area contributed by atoms with Crippen LogP contribution >= 0.6 is 15.9 Å². The van der Waals surface area contributed by atoms with Crippen molar-refractivity contribution in [2.24, 2.45) is 5.92 Å². The molecule has 0 radical (unpaired) electrons. The van der Waals surface area contributed by atoms with Crippen molar-refractivity contribution in [3.05, 3.63) is 23.8 Å². The van der Waals surface area contributed by atoms with Crippen molar-refractivity contribution < 1.29 is 14.3 Å². The lowest BCUT2D eigenvalue weighted by Gasteiger charge is -2.35. The van der Waals surface area contributed by atoms with Gasteiger partial charge in [0, 0.05) is 5.56 Å². The number of aldehydes is 1. The molecule has 0 aliphatic heterocycles. The molecule has 0 N–H and O–H groups in total. The van der Waals surface area contributed by atoms with Gasteiger partial charge in [0.15, 0.2) is 0 Å². The number of halogens is 1. The Kier molecular flexibility index (Phi) is 5.08. The average molecular weight is 341 g/mol. The molecule has 0 spiro atoms. The molecule has 1 atom stereocenters. The van der Waals surface area contributed by atoms with E-state index < -0.39 is 4.32 Å². The van der Waals surface area contributed by atoms with E-state index in [9.17, 15) is 4.79 Å². The van der Waals surface area contributed by atoms with Gasteiger partial charge in [0.05, 0.1) is 14.2 Å². The summed E-state index contributed by atoms with van der Waals surface area (Å²) in [5.41, 5.74) is 0.862. The molecule has 4 heteroatoms. The van der Waals surface area contributed by atoms with Gasteiger partial charge in [-0.25, -0.2) is 0 Å². The average Bonchev–Trinajstić information content (AvgIpc) is 2.54. The summed E-state index contributed by atoms with van der Waals surface area (Å²) in [5.74, 6) is 1.76. The largest absolute Gasteiger partial charge is 0.497 e. The molecular weight excluding hydrogens is 320 g/mol. The fraction of sp³-hybridized carbons (Fsp3) is 0.562. The second-order valence-corrected chi connectivity index (χ2v) is 6.60. The van der Waals surface area contributed by atoms with E-state index >= 15 is 0 Å². The third-order valence-electron chi connectivity index (χ3n) is 4.19. The number of methoxy groups -OCH3 is 2. The maximum absolute atomic E-state index is 11.9. The monoisotopic (exact) mass is 340 g/mol.